The molecule has 0 saturated heterocycles. The van der Waals surface area contributed by atoms with Crippen molar-refractivity contribution in [2.24, 2.45) is 0 Å². The van der Waals surface area contributed by atoms with Gasteiger partial charge in [-0.25, -0.2) is 0 Å². The number of nitrogens with zero attached hydrogens (tertiary/aromatic N) is 2. The maximum Gasteiger partial charge on any atom is 0.272 e. The summed E-state index contributed by atoms with van der Waals surface area (Å²) in [5.41, 5.74) is 1.03. The molecule has 0 spiro atoms. The highest BCUT2D eigenvalue weighted by Crippen LogP contribution is 2.05. The van der Waals surface area contributed by atoms with Crippen LogP contribution in [0.25, 0.3) is 0 Å². The van der Waals surface area contributed by atoms with E-state index in [0.717, 1.165) is 0 Å². The number of amides is 2. The Kier molecular flexibility index (Phi) is 4.44. The molecule has 1 aromatic heterocycles. The van der Waals surface area contributed by atoms with Crippen molar-refractivity contribution >= 4 is 17.5 Å². The van der Waals surface area contributed by atoms with E-state index < -0.39 is 0 Å². The van der Waals surface area contributed by atoms with Gasteiger partial charge in [0.05, 0.1) is 6.54 Å². The van der Waals surface area contributed by atoms with Gasteiger partial charge >= 0.3 is 0 Å². The normalized spacial score (nSPS) is 9.85. The number of aromatic nitrogens is 1. The van der Waals surface area contributed by atoms with Gasteiger partial charge in [0.15, 0.2) is 0 Å². The molecular formula is C15H15N3O2. The lowest BCUT2D eigenvalue weighted by molar-refractivity contribution is -0.116. The quantitative estimate of drug-likeness (QED) is 0.920. The number of likely N-dealkylation sites (N-methyl/N-ethyl adjacent to an activating group) is 1. The molecule has 2 amide bonds. The van der Waals surface area contributed by atoms with Crippen molar-refractivity contribution in [3.05, 3.63) is 60.4 Å². The molecule has 0 bridgehead atoms. The number of para-hydroxylation sites is 1. The van der Waals surface area contributed by atoms with Crippen LogP contribution < -0.4 is 5.32 Å². The third kappa shape index (κ3) is 3.65. The summed E-state index contributed by atoms with van der Waals surface area (Å²) in [6.07, 6.45) is 1.55. The zero-order chi connectivity index (χ0) is 14.4. The second-order valence-corrected chi connectivity index (χ2v) is 4.29. The first-order valence-electron chi connectivity index (χ1n) is 6.18. The summed E-state index contributed by atoms with van der Waals surface area (Å²) in [7, 11) is 1.57. The second-order valence-electron chi connectivity index (χ2n) is 4.29. The Morgan fingerprint density at radius 3 is 2.45 bits per heavy atom. The first kappa shape index (κ1) is 13.7. The van der Waals surface area contributed by atoms with E-state index in [-0.39, 0.29) is 18.4 Å². The highest BCUT2D eigenvalue weighted by molar-refractivity contribution is 5.98. The van der Waals surface area contributed by atoms with Gasteiger partial charge in [0.2, 0.25) is 5.91 Å². The summed E-state index contributed by atoms with van der Waals surface area (Å²) in [4.78, 5) is 29.2. The molecule has 5 heteroatoms. The van der Waals surface area contributed by atoms with E-state index in [9.17, 15) is 9.59 Å². The molecule has 0 aliphatic heterocycles. The monoisotopic (exact) mass is 269 g/mol. The second kappa shape index (κ2) is 6.47. The van der Waals surface area contributed by atoms with Crippen LogP contribution in [-0.4, -0.2) is 35.3 Å². The molecule has 1 heterocycles. The lowest BCUT2D eigenvalue weighted by Crippen LogP contribution is -2.35. The average molecular weight is 269 g/mol. The van der Waals surface area contributed by atoms with Crippen molar-refractivity contribution in [1.29, 1.82) is 0 Å². The molecule has 0 aliphatic carbocycles. The van der Waals surface area contributed by atoms with Crippen LogP contribution in [0.15, 0.2) is 54.7 Å². The van der Waals surface area contributed by atoms with E-state index in [4.69, 9.17) is 0 Å². The van der Waals surface area contributed by atoms with Crippen molar-refractivity contribution in [3.63, 3.8) is 0 Å². The first-order chi connectivity index (χ1) is 9.66. The zero-order valence-electron chi connectivity index (χ0n) is 11.1. The average Bonchev–Trinajstić information content (AvgIpc) is 2.48. The molecular weight excluding hydrogens is 254 g/mol. The predicted molar refractivity (Wildman–Crippen MR) is 76.3 cm³/mol. The number of pyridine rings is 1. The minimum Gasteiger partial charge on any atom is -0.331 e. The van der Waals surface area contributed by atoms with E-state index in [1.807, 2.05) is 18.2 Å². The molecule has 0 fully saturated rings. The summed E-state index contributed by atoms with van der Waals surface area (Å²) in [6.45, 7) is -0.0235. The topological polar surface area (TPSA) is 62.3 Å². The third-order valence-corrected chi connectivity index (χ3v) is 2.67. The number of nitrogens with one attached hydrogen (secondary N) is 1. The van der Waals surface area contributed by atoms with Crippen molar-refractivity contribution < 1.29 is 9.59 Å². The minimum atomic E-state index is -0.284. The summed E-state index contributed by atoms with van der Waals surface area (Å²) in [5.74, 6) is -0.531. The molecule has 1 aromatic carbocycles. The zero-order valence-corrected chi connectivity index (χ0v) is 11.1. The fraction of sp³-hybridized carbons (Fsp3) is 0.133. The van der Waals surface area contributed by atoms with Crippen LogP contribution in [0.2, 0.25) is 0 Å². The largest absolute Gasteiger partial charge is 0.331 e. The SMILES string of the molecule is CN(CC(=O)Nc1ccccc1)C(=O)c1ccccn1. The van der Waals surface area contributed by atoms with Crippen molar-refractivity contribution in [2.75, 3.05) is 18.9 Å². The van der Waals surface area contributed by atoms with Crippen molar-refractivity contribution in [3.8, 4) is 0 Å². The first-order valence-corrected chi connectivity index (χ1v) is 6.18. The summed E-state index contributed by atoms with van der Waals surface area (Å²) < 4.78 is 0. The molecule has 1 N–H and O–H groups in total. The van der Waals surface area contributed by atoms with Gasteiger partial charge in [-0.1, -0.05) is 24.3 Å². The Balaban J connectivity index is 1.93. The molecule has 2 rings (SSSR count). The number of anilines is 1. The Morgan fingerprint density at radius 1 is 1.10 bits per heavy atom. The number of carbonyl (C=O) groups excluding carboxylic acids is 2. The highest BCUT2D eigenvalue weighted by atomic mass is 16.2. The Hall–Kier alpha value is -2.69. The van der Waals surface area contributed by atoms with Crippen LogP contribution in [0.1, 0.15) is 10.5 Å². The number of benzene rings is 1. The van der Waals surface area contributed by atoms with E-state index in [1.165, 1.54) is 4.90 Å². The molecule has 0 unspecified atom stereocenters. The molecule has 0 saturated carbocycles. The van der Waals surface area contributed by atoms with Gasteiger partial charge in [0.1, 0.15) is 5.69 Å². The van der Waals surface area contributed by atoms with Crippen LogP contribution >= 0.6 is 0 Å². The van der Waals surface area contributed by atoms with Gasteiger partial charge in [0, 0.05) is 18.9 Å². The molecule has 102 valence electrons. The minimum absolute atomic E-state index is 0.0235. The summed E-state index contributed by atoms with van der Waals surface area (Å²) in [5, 5.41) is 2.73. The van der Waals surface area contributed by atoms with Crippen LogP contribution in [0.4, 0.5) is 5.69 Å². The van der Waals surface area contributed by atoms with Gasteiger partial charge in [0.25, 0.3) is 5.91 Å². The predicted octanol–water partition coefficient (Wildman–Crippen LogP) is 1.79. The maximum atomic E-state index is 12.0. The van der Waals surface area contributed by atoms with Gasteiger partial charge in [-0.15, -0.1) is 0 Å². The number of hydrogen-bond acceptors (Lipinski definition) is 3. The lowest BCUT2D eigenvalue weighted by atomic mass is 10.3. The van der Waals surface area contributed by atoms with Crippen molar-refractivity contribution in [1.82, 2.24) is 9.88 Å². The van der Waals surface area contributed by atoms with Crippen molar-refractivity contribution in [2.45, 2.75) is 0 Å². The molecule has 0 atom stereocenters. The lowest BCUT2D eigenvalue weighted by Gasteiger charge is -2.16. The van der Waals surface area contributed by atoms with Crippen LogP contribution in [-0.2, 0) is 4.79 Å². The van der Waals surface area contributed by atoms with Crippen LogP contribution in [0.5, 0.6) is 0 Å². The van der Waals surface area contributed by atoms with Gasteiger partial charge in [-0.05, 0) is 24.3 Å². The maximum absolute atomic E-state index is 12.0. The molecule has 5 nitrogen and oxygen atoms in total. The van der Waals surface area contributed by atoms with Crippen LogP contribution in [0.3, 0.4) is 0 Å². The Bertz CT molecular complexity index is 585. The summed E-state index contributed by atoms with van der Waals surface area (Å²) >= 11 is 0. The van der Waals surface area contributed by atoms with E-state index >= 15 is 0 Å². The molecule has 0 aliphatic rings. The van der Waals surface area contributed by atoms with E-state index in [0.29, 0.717) is 11.4 Å². The number of rotatable bonds is 4. The summed E-state index contributed by atoms with van der Waals surface area (Å²) in [6, 6.07) is 14.2. The standard InChI is InChI=1S/C15H15N3O2/c1-18(15(20)13-9-5-6-10-16-13)11-14(19)17-12-7-3-2-4-8-12/h2-10H,11H2,1H3,(H,17,19). The number of carbonyl (C=O) groups is 2. The van der Waals surface area contributed by atoms with E-state index in [1.54, 1.807) is 43.6 Å². The third-order valence-electron chi connectivity index (χ3n) is 2.67. The highest BCUT2D eigenvalue weighted by Gasteiger charge is 2.15. The Labute approximate surface area is 117 Å². The fourth-order valence-electron chi connectivity index (χ4n) is 1.69. The smallest absolute Gasteiger partial charge is 0.272 e. The van der Waals surface area contributed by atoms with Gasteiger partial charge in [-0.3, -0.25) is 14.6 Å². The molecule has 20 heavy (non-hydrogen) atoms. The van der Waals surface area contributed by atoms with E-state index in [2.05, 4.69) is 10.3 Å². The van der Waals surface area contributed by atoms with Gasteiger partial charge in [-0.2, -0.15) is 0 Å². The fourth-order valence-corrected chi connectivity index (χ4v) is 1.69. The van der Waals surface area contributed by atoms with Crippen LogP contribution in [0, 0.1) is 0 Å². The molecule has 0 radical (unpaired) electrons. The molecule has 2 aromatic rings. The Morgan fingerprint density at radius 2 is 1.80 bits per heavy atom. The van der Waals surface area contributed by atoms with Gasteiger partial charge < -0.3 is 10.2 Å². The number of hydrogen-bond donors (Lipinski definition) is 1.